The Balaban J connectivity index is 2.70. The molecule has 0 radical (unpaired) electrons. The highest BCUT2D eigenvalue weighted by Crippen LogP contribution is 2.18. The Morgan fingerprint density at radius 3 is 2.25 bits per heavy atom. The van der Waals surface area contributed by atoms with Crippen molar-refractivity contribution in [3.05, 3.63) is 29.8 Å². The Morgan fingerprint density at radius 2 is 1.81 bits per heavy atom. The van der Waals surface area contributed by atoms with Gasteiger partial charge in [-0.3, -0.25) is 0 Å². The Morgan fingerprint density at radius 1 is 1.19 bits per heavy atom. The van der Waals surface area contributed by atoms with E-state index >= 15 is 0 Å². The quantitative estimate of drug-likeness (QED) is 0.697. The van der Waals surface area contributed by atoms with Crippen LogP contribution in [0.4, 0.5) is 5.69 Å². The first-order chi connectivity index (χ1) is 7.71. The molecule has 0 bridgehead atoms. The lowest BCUT2D eigenvalue weighted by atomic mass is 10.1. The highest BCUT2D eigenvalue weighted by Gasteiger charge is 2.07. The zero-order valence-corrected chi connectivity index (χ0v) is 12.1. The summed E-state index contributed by atoms with van der Waals surface area (Å²) in [7, 11) is 0. The zero-order chi connectivity index (χ0) is 12.0. The highest BCUT2D eigenvalue weighted by molar-refractivity contribution is 9.08. The van der Waals surface area contributed by atoms with E-state index < -0.39 is 0 Å². The summed E-state index contributed by atoms with van der Waals surface area (Å²) in [6.07, 6.45) is 1.25. The molecule has 0 saturated heterocycles. The van der Waals surface area contributed by atoms with Gasteiger partial charge in [-0.05, 0) is 30.5 Å². The van der Waals surface area contributed by atoms with Gasteiger partial charge in [0.05, 0.1) is 0 Å². The van der Waals surface area contributed by atoms with Crippen molar-refractivity contribution >= 4 is 21.6 Å². The molecular formula is C14H22BrN. The highest BCUT2D eigenvalue weighted by atomic mass is 79.9. The molecule has 0 heterocycles. The first kappa shape index (κ1) is 13.6. The molecule has 0 fully saturated rings. The van der Waals surface area contributed by atoms with E-state index in [-0.39, 0.29) is 0 Å². The van der Waals surface area contributed by atoms with Gasteiger partial charge in [0.25, 0.3) is 0 Å². The van der Waals surface area contributed by atoms with E-state index in [9.17, 15) is 0 Å². The van der Waals surface area contributed by atoms with E-state index in [1.807, 2.05) is 0 Å². The van der Waals surface area contributed by atoms with Gasteiger partial charge in [0.1, 0.15) is 0 Å². The molecule has 0 amide bonds. The molecule has 90 valence electrons. The van der Waals surface area contributed by atoms with Crippen LogP contribution in [0.1, 0.15) is 32.8 Å². The van der Waals surface area contributed by atoms with E-state index in [1.165, 1.54) is 17.7 Å². The standard InChI is InChI=1S/C14H22BrN/c1-4-12(3)11-16(5-2)14-8-6-13(10-15)7-9-14/h6-9,12H,4-5,10-11H2,1-3H3. The molecule has 1 unspecified atom stereocenters. The maximum atomic E-state index is 3.47. The molecule has 1 rings (SSSR count). The number of hydrogen-bond donors (Lipinski definition) is 0. The van der Waals surface area contributed by atoms with Crippen LogP contribution in [0.3, 0.4) is 0 Å². The number of hydrogen-bond acceptors (Lipinski definition) is 1. The SMILES string of the molecule is CCC(C)CN(CC)c1ccc(CBr)cc1. The third kappa shape index (κ3) is 3.82. The van der Waals surface area contributed by atoms with Crippen molar-refractivity contribution in [1.82, 2.24) is 0 Å². The van der Waals surface area contributed by atoms with E-state index in [2.05, 4.69) is 65.9 Å². The van der Waals surface area contributed by atoms with Crippen LogP contribution < -0.4 is 4.90 Å². The third-order valence-electron chi connectivity index (χ3n) is 3.07. The largest absolute Gasteiger partial charge is 0.372 e. The van der Waals surface area contributed by atoms with Crippen molar-refractivity contribution in [2.45, 2.75) is 32.5 Å². The van der Waals surface area contributed by atoms with E-state index in [0.29, 0.717) is 0 Å². The summed E-state index contributed by atoms with van der Waals surface area (Å²) in [6.45, 7) is 9.03. The van der Waals surface area contributed by atoms with Crippen molar-refractivity contribution < 1.29 is 0 Å². The molecular weight excluding hydrogens is 262 g/mol. The lowest BCUT2D eigenvalue weighted by Gasteiger charge is -2.26. The fraction of sp³-hybridized carbons (Fsp3) is 0.571. The molecule has 1 aromatic rings. The number of anilines is 1. The van der Waals surface area contributed by atoms with Crippen molar-refractivity contribution in [3.8, 4) is 0 Å². The molecule has 0 aliphatic rings. The number of halogens is 1. The minimum absolute atomic E-state index is 0.760. The fourth-order valence-corrected chi connectivity index (χ4v) is 2.09. The van der Waals surface area contributed by atoms with Gasteiger partial charge in [0.2, 0.25) is 0 Å². The number of nitrogens with zero attached hydrogens (tertiary/aromatic N) is 1. The fourth-order valence-electron chi connectivity index (χ4n) is 1.72. The van der Waals surface area contributed by atoms with Crippen molar-refractivity contribution in [2.24, 2.45) is 5.92 Å². The van der Waals surface area contributed by atoms with E-state index in [0.717, 1.165) is 24.3 Å². The first-order valence-electron chi connectivity index (χ1n) is 6.11. The number of benzene rings is 1. The molecule has 16 heavy (non-hydrogen) atoms. The zero-order valence-electron chi connectivity index (χ0n) is 10.5. The smallest absolute Gasteiger partial charge is 0.0366 e. The van der Waals surface area contributed by atoms with Gasteiger partial charge in [-0.15, -0.1) is 0 Å². The Kier molecular flexibility index (Phi) is 5.89. The maximum absolute atomic E-state index is 3.47. The minimum Gasteiger partial charge on any atom is -0.372 e. The van der Waals surface area contributed by atoms with E-state index in [4.69, 9.17) is 0 Å². The van der Waals surface area contributed by atoms with Crippen LogP contribution in [0.2, 0.25) is 0 Å². The summed E-state index contributed by atoms with van der Waals surface area (Å²) < 4.78 is 0. The maximum Gasteiger partial charge on any atom is 0.0366 e. The van der Waals surface area contributed by atoms with Gasteiger partial charge in [-0.1, -0.05) is 48.3 Å². The van der Waals surface area contributed by atoms with Crippen molar-refractivity contribution in [1.29, 1.82) is 0 Å². The van der Waals surface area contributed by atoms with Crippen LogP contribution in [0.25, 0.3) is 0 Å². The van der Waals surface area contributed by atoms with Crippen LogP contribution in [0.15, 0.2) is 24.3 Å². The van der Waals surface area contributed by atoms with Crippen LogP contribution in [-0.4, -0.2) is 13.1 Å². The first-order valence-corrected chi connectivity index (χ1v) is 7.23. The molecule has 1 atom stereocenters. The predicted octanol–water partition coefficient (Wildman–Crippen LogP) is 4.45. The summed E-state index contributed by atoms with van der Waals surface area (Å²) in [5.74, 6) is 0.760. The molecule has 0 spiro atoms. The van der Waals surface area contributed by atoms with Gasteiger partial charge < -0.3 is 4.90 Å². The summed E-state index contributed by atoms with van der Waals surface area (Å²) >= 11 is 3.47. The normalized spacial score (nSPS) is 12.5. The molecule has 0 aliphatic carbocycles. The third-order valence-corrected chi connectivity index (χ3v) is 3.71. The molecule has 0 saturated carbocycles. The second-order valence-electron chi connectivity index (χ2n) is 4.35. The molecule has 0 aliphatic heterocycles. The van der Waals surface area contributed by atoms with Crippen molar-refractivity contribution in [3.63, 3.8) is 0 Å². The van der Waals surface area contributed by atoms with Crippen LogP contribution in [-0.2, 0) is 5.33 Å². The van der Waals surface area contributed by atoms with Gasteiger partial charge in [0, 0.05) is 24.1 Å². The second-order valence-corrected chi connectivity index (χ2v) is 4.91. The van der Waals surface area contributed by atoms with Gasteiger partial charge in [-0.2, -0.15) is 0 Å². The van der Waals surface area contributed by atoms with Gasteiger partial charge in [-0.25, -0.2) is 0 Å². The number of alkyl halides is 1. The molecule has 2 heteroatoms. The average Bonchev–Trinajstić information content (AvgIpc) is 2.35. The minimum atomic E-state index is 0.760. The Bertz CT molecular complexity index is 294. The summed E-state index contributed by atoms with van der Waals surface area (Å²) in [4.78, 5) is 2.45. The second kappa shape index (κ2) is 6.95. The van der Waals surface area contributed by atoms with Gasteiger partial charge in [0.15, 0.2) is 0 Å². The Labute approximate surface area is 108 Å². The van der Waals surface area contributed by atoms with Crippen LogP contribution in [0.5, 0.6) is 0 Å². The summed E-state index contributed by atoms with van der Waals surface area (Å²) in [6, 6.07) is 8.84. The van der Waals surface area contributed by atoms with Crippen molar-refractivity contribution in [2.75, 3.05) is 18.0 Å². The van der Waals surface area contributed by atoms with Crippen LogP contribution >= 0.6 is 15.9 Å². The lowest BCUT2D eigenvalue weighted by Crippen LogP contribution is -2.27. The molecule has 0 aromatic heterocycles. The predicted molar refractivity (Wildman–Crippen MR) is 76.4 cm³/mol. The summed E-state index contributed by atoms with van der Waals surface area (Å²) in [5, 5.41) is 0.935. The lowest BCUT2D eigenvalue weighted by molar-refractivity contribution is 0.548. The Hall–Kier alpha value is -0.500. The van der Waals surface area contributed by atoms with Gasteiger partial charge >= 0.3 is 0 Å². The molecule has 1 nitrogen and oxygen atoms in total. The average molecular weight is 284 g/mol. The van der Waals surface area contributed by atoms with Crippen LogP contribution in [0, 0.1) is 5.92 Å². The monoisotopic (exact) mass is 283 g/mol. The molecule has 1 aromatic carbocycles. The summed E-state index contributed by atoms with van der Waals surface area (Å²) in [5.41, 5.74) is 2.68. The number of rotatable bonds is 6. The molecule has 0 N–H and O–H groups in total. The van der Waals surface area contributed by atoms with E-state index in [1.54, 1.807) is 0 Å². The topological polar surface area (TPSA) is 3.24 Å².